The molecule has 4 nitrogen and oxygen atoms in total. The summed E-state index contributed by atoms with van der Waals surface area (Å²) in [5.41, 5.74) is 0. The van der Waals surface area contributed by atoms with E-state index >= 15 is 0 Å². The van der Waals surface area contributed by atoms with E-state index in [2.05, 4.69) is 12.2 Å². The summed E-state index contributed by atoms with van der Waals surface area (Å²) >= 11 is 0. The number of unbranched alkanes of at least 4 members (excludes halogenated alkanes) is 15. The average molecular weight is 510 g/mol. The Balaban J connectivity index is 0. The van der Waals surface area contributed by atoms with Crippen molar-refractivity contribution in [2.45, 2.75) is 143 Å². The molecule has 1 N–H and O–H groups in total. The minimum Gasteiger partial charge on any atom is -0.374 e. The molecule has 0 heterocycles. The first-order chi connectivity index (χ1) is 15.7. The maximum absolute atomic E-state index is 5.92. The highest BCUT2D eigenvalue weighted by atomic mass is 35.5. The predicted octanol–water partition coefficient (Wildman–Crippen LogP) is 8.70. The van der Waals surface area contributed by atoms with E-state index in [1.165, 1.54) is 103 Å². The minimum absolute atomic E-state index is 0. The van der Waals surface area contributed by atoms with Crippen LogP contribution in [0.1, 0.15) is 137 Å². The Morgan fingerprint density at radius 2 is 0.788 bits per heavy atom. The lowest BCUT2D eigenvalue weighted by Gasteiger charge is -2.28. The molecule has 33 heavy (non-hydrogen) atoms. The molecule has 0 bridgehead atoms. The van der Waals surface area contributed by atoms with Crippen LogP contribution in [0.3, 0.4) is 0 Å². The molecule has 0 saturated heterocycles. The second-order valence-corrected chi connectivity index (χ2v) is 11.9. The topological polar surface area (TPSA) is 39.7 Å². The fraction of sp³-hybridized carbons (Fsp3) is 1.00. The third-order valence-electron chi connectivity index (χ3n) is 6.14. The SMILES string of the molecule is CCCCCCCCCCCCCCCCCCNCCC[Si](OCC)(OCC)OCC.Cl. The number of rotatable bonds is 27. The molecule has 0 saturated carbocycles. The van der Waals surface area contributed by atoms with E-state index in [1.807, 2.05) is 20.8 Å². The summed E-state index contributed by atoms with van der Waals surface area (Å²) in [4.78, 5) is 0. The van der Waals surface area contributed by atoms with Gasteiger partial charge in [0.25, 0.3) is 0 Å². The molecule has 0 fully saturated rings. The van der Waals surface area contributed by atoms with Crippen LogP contribution in [-0.2, 0) is 13.3 Å². The first kappa shape index (κ1) is 35.5. The Kier molecular flexibility index (Phi) is 30.8. The van der Waals surface area contributed by atoms with Gasteiger partial charge in [-0.25, -0.2) is 0 Å². The molecule has 0 aromatic rings. The molecule has 0 aromatic heterocycles. The van der Waals surface area contributed by atoms with E-state index in [1.54, 1.807) is 0 Å². The Labute approximate surface area is 215 Å². The van der Waals surface area contributed by atoms with Gasteiger partial charge in [0, 0.05) is 25.9 Å². The lowest BCUT2D eigenvalue weighted by atomic mass is 10.0. The first-order valence-electron chi connectivity index (χ1n) is 14.4. The zero-order valence-electron chi connectivity index (χ0n) is 22.9. The van der Waals surface area contributed by atoms with Crippen LogP contribution in [0, 0.1) is 0 Å². The zero-order chi connectivity index (χ0) is 23.6. The summed E-state index contributed by atoms with van der Waals surface area (Å²) in [5.74, 6) is 0. The summed E-state index contributed by atoms with van der Waals surface area (Å²) in [6.45, 7) is 12.5. The van der Waals surface area contributed by atoms with Crippen molar-refractivity contribution in [3.8, 4) is 0 Å². The normalized spacial score (nSPS) is 11.6. The van der Waals surface area contributed by atoms with E-state index in [4.69, 9.17) is 13.3 Å². The molecule has 0 aliphatic rings. The van der Waals surface area contributed by atoms with E-state index in [-0.39, 0.29) is 12.4 Å². The first-order valence-corrected chi connectivity index (χ1v) is 16.3. The van der Waals surface area contributed by atoms with Crippen LogP contribution < -0.4 is 5.32 Å². The minimum atomic E-state index is -2.45. The van der Waals surface area contributed by atoms with Crippen molar-refractivity contribution in [1.82, 2.24) is 5.32 Å². The second kappa shape index (κ2) is 28.6. The van der Waals surface area contributed by atoms with Crippen molar-refractivity contribution in [2.24, 2.45) is 0 Å². The molecule has 0 aliphatic carbocycles. The maximum Gasteiger partial charge on any atom is 0.500 e. The Hall–Kier alpha value is 0.347. The van der Waals surface area contributed by atoms with E-state index in [0.717, 1.165) is 25.6 Å². The molecule has 0 rings (SSSR count). The highest BCUT2D eigenvalue weighted by Gasteiger charge is 2.39. The summed E-state index contributed by atoms with van der Waals surface area (Å²) in [6.07, 6.45) is 23.9. The van der Waals surface area contributed by atoms with Crippen LogP contribution in [0.5, 0.6) is 0 Å². The number of hydrogen-bond acceptors (Lipinski definition) is 4. The van der Waals surface area contributed by atoms with Crippen LogP contribution >= 0.6 is 12.4 Å². The van der Waals surface area contributed by atoms with Gasteiger partial charge in [-0.15, -0.1) is 12.4 Å². The van der Waals surface area contributed by atoms with E-state index in [9.17, 15) is 0 Å². The summed E-state index contributed by atoms with van der Waals surface area (Å²) in [7, 11) is -2.45. The van der Waals surface area contributed by atoms with Crippen molar-refractivity contribution in [3.05, 3.63) is 0 Å². The van der Waals surface area contributed by atoms with Crippen LogP contribution in [0.15, 0.2) is 0 Å². The second-order valence-electron chi connectivity index (χ2n) is 9.14. The van der Waals surface area contributed by atoms with Crippen LogP contribution in [0.4, 0.5) is 0 Å². The highest BCUT2D eigenvalue weighted by molar-refractivity contribution is 6.60. The Morgan fingerprint density at radius 1 is 0.455 bits per heavy atom. The molecule has 202 valence electrons. The lowest BCUT2D eigenvalue weighted by Crippen LogP contribution is -2.46. The molecular formula is C27H60ClNO3Si. The molecule has 0 spiro atoms. The predicted molar refractivity (Wildman–Crippen MR) is 150 cm³/mol. The van der Waals surface area contributed by atoms with Gasteiger partial charge in [0.15, 0.2) is 0 Å². The smallest absolute Gasteiger partial charge is 0.374 e. The van der Waals surface area contributed by atoms with Gasteiger partial charge in [0.05, 0.1) is 0 Å². The van der Waals surface area contributed by atoms with E-state index < -0.39 is 8.80 Å². The molecule has 0 aromatic carbocycles. The van der Waals surface area contributed by atoms with Gasteiger partial charge in [-0.1, -0.05) is 103 Å². The van der Waals surface area contributed by atoms with Gasteiger partial charge in [-0.2, -0.15) is 0 Å². The third-order valence-corrected chi connectivity index (χ3v) is 9.29. The van der Waals surface area contributed by atoms with Gasteiger partial charge in [0.1, 0.15) is 0 Å². The molecule has 6 heteroatoms. The fourth-order valence-electron chi connectivity index (χ4n) is 4.35. The molecule has 0 amide bonds. The van der Waals surface area contributed by atoms with Crippen molar-refractivity contribution in [2.75, 3.05) is 32.9 Å². The fourth-order valence-corrected chi connectivity index (χ4v) is 6.97. The molecule has 0 unspecified atom stereocenters. The quantitative estimate of drug-likeness (QED) is 0.0887. The Morgan fingerprint density at radius 3 is 1.15 bits per heavy atom. The third kappa shape index (κ3) is 23.8. The monoisotopic (exact) mass is 509 g/mol. The van der Waals surface area contributed by atoms with Gasteiger partial charge < -0.3 is 18.6 Å². The molecule has 0 radical (unpaired) electrons. The number of hydrogen-bond donors (Lipinski definition) is 1. The summed E-state index contributed by atoms with van der Waals surface area (Å²) < 4.78 is 17.8. The van der Waals surface area contributed by atoms with Crippen molar-refractivity contribution >= 4 is 21.2 Å². The maximum atomic E-state index is 5.92. The van der Waals surface area contributed by atoms with Gasteiger partial charge >= 0.3 is 8.80 Å². The van der Waals surface area contributed by atoms with E-state index in [0.29, 0.717) is 19.8 Å². The number of halogens is 1. The van der Waals surface area contributed by atoms with Crippen LogP contribution in [0.25, 0.3) is 0 Å². The van der Waals surface area contributed by atoms with Crippen molar-refractivity contribution in [3.63, 3.8) is 0 Å². The average Bonchev–Trinajstić information content (AvgIpc) is 2.78. The van der Waals surface area contributed by atoms with Gasteiger partial charge in [-0.05, 0) is 46.7 Å². The number of nitrogens with one attached hydrogen (secondary N) is 1. The van der Waals surface area contributed by atoms with Crippen LogP contribution in [-0.4, -0.2) is 41.7 Å². The summed E-state index contributed by atoms with van der Waals surface area (Å²) in [6, 6.07) is 0.911. The van der Waals surface area contributed by atoms with Gasteiger partial charge in [-0.3, -0.25) is 0 Å². The zero-order valence-corrected chi connectivity index (χ0v) is 24.7. The van der Waals surface area contributed by atoms with Crippen molar-refractivity contribution < 1.29 is 13.3 Å². The molecule has 0 atom stereocenters. The summed E-state index contributed by atoms with van der Waals surface area (Å²) in [5, 5.41) is 3.59. The highest BCUT2D eigenvalue weighted by Crippen LogP contribution is 2.18. The molecular weight excluding hydrogens is 450 g/mol. The standard InChI is InChI=1S/C27H59NO3Si.ClH/c1-5-9-10-11-12-13-14-15-16-17-18-19-20-21-22-23-25-28-26-24-27-32(29-6-2,30-7-3)31-8-4;/h28H,5-27H2,1-4H3;1H. The Bertz CT molecular complexity index is 347. The lowest BCUT2D eigenvalue weighted by molar-refractivity contribution is 0.0708. The van der Waals surface area contributed by atoms with Gasteiger partial charge in [0.2, 0.25) is 0 Å². The van der Waals surface area contributed by atoms with Crippen LogP contribution in [0.2, 0.25) is 6.04 Å². The van der Waals surface area contributed by atoms with Crippen molar-refractivity contribution in [1.29, 1.82) is 0 Å². The molecule has 0 aliphatic heterocycles. The largest absolute Gasteiger partial charge is 0.500 e.